The van der Waals surface area contributed by atoms with Gasteiger partial charge < -0.3 is 10.1 Å². The van der Waals surface area contributed by atoms with Crippen LogP contribution in [-0.4, -0.2) is 25.3 Å². The molecule has 1 rings (SSSR count). The second kappa shape index (κ2) is 4.49. The molecule has 0 aliphatic carbocycles. The summed E-state index contributed by atoms with van der Waals surface area (Å²) >= 11 is 0. The molecule has 0 spiro atoms. The summed E-state index contributed by atoms with van der Waals surface area (Å²) in [6.45, 7) is 5.93. The Bertz CT molecular complexity index is 173. The summed E-state index contributed by atoms with van der Waals surface area (Å²) in [5.41, 5.74) is 0. The van der Waals surface area contributed by atoms with Crippen molar-refractivity contribution in [2.24, 2.45) is 5.92 Å². The van der Waals surface area contributed by atoms with Crippen LogP contribution in [0.3, 0.4) is 0 Å². The Morgan fingerprint density at radius 2 is 2.42 bits per heavy atom. The monoisotopic (exact) mass is 167 g/mol. The summed E-state index contributed by atoms with van der Waals surface area (Å²) in [4.78, 5) is 0. The zero-order valence-corrected chi connectivity index (χ0v) is 7.84. The van der Waals surface area contributed by atoms with Gasteiger partial charge in [0.2, 0.25) is 0 Å². The SMILES string of the molecule is C#CC(C)NC1CCOCC1C. The highest BCUT2D eigenvalue weighted by Gasteiger charge is 2.22. The van der Waals surface area contributed by atoms with Gasteiger partial charge in [-0.3, -0.25) is 0 Å². The maximum Gasteiger partial charge on any atom is 0.0660 e. The van der Waals surface area contributed by atoms with Crippen molar-refractivity contribution in [1.82, 2.24) is 5.32 Å². The summed E-state index contributed by atoms with van der Waals surface area (Å²) in [5, 5.41) is 3.40. The van der Waals surface area contributed by atoms with Gasteiger partial charge in [-0.25, -0.2) is 0 Å². The van der Waals surface area contributed by atoms with Crippen molar-refractivity contribution >= 4 is 0 Å². The number of terminal acetylenes is 1. The standard InChI is InChI=1S/C10H17NO/c1-4-9(3)11-10-5-6-12-7-8(10)2/h1,8-11H,5-7H2,2-3H3. The zero-order valence-electron chi connectivity index (χ0n) is 7.84. The Labute approximate surface area is 74.7 Å². The summed E-state index contributed by atoms with van der Waals surface area (Å²) in [6, 6.07) is 0.709. The smallest absolute Gasteiger partial charge is 0.0660 e. The maximum atomic E-state index is 5.34. The molecule has 1 aliphatic rings. The number of ether oxygens (including phenoxy) is 1. The fourth-order valence-corrected chi connectivity index (χ4v) is 1.50. The summed E-state index contributed by atoms with van der Waals surface area (Å²) < 4.78 is 5.34. The third kappa shape index (κ3) is 2.51. The molecular formula is C10H17NO. The average molecular weight is 167 g/mol. The largest absolute Gasteiger partial charge is 0.381 e. The summed E-state index contributed by atoms with van der Waals surface area (Å²) in [6.07, 6.45) is 6.37. The zero-order chi connectivity index (χ0) is 8.97. The highest BCUT2D eigenvalue weighted by Crippen LogP contribution is 2.14. The van der Waals surface area contributed by atoms with E-state index in [1.165, 1.54) is 0 Å². The molecule has 2 heteroatoms. The van der Waals surface area contributed by atoms with E-state index < -0.39 is 0 Å². The van der Waals surface area contributed by atoms with Crippen LogP contribution in [0.5, 0.6) is 0 Å². The lowest BCUT2D eigenvalue weighted by Crippen LogP contribution is -2.44. The third-order valence-corrected chi connectivity index (χ3v) is 2.35. The maximum absolute atomic E-state index is 5.34. The Morgan fingerprint density at radius 3 is 3.00 bits per heavy atom. The molecule has 0 aromatic heterocycles. The van der Waals surface area contributed by atoms with Gasteiger partial charge in [-0.1, -0.05) is 12.8 Å². The van der Waals surface area contributed by atoms with E-state index in [9.17, 15) is 0 Å². The molecule has 1 saturated heterocycles. The molecular weight excluding hydrogens is 150 g/mol. The van der Waals surface area contributed by atoms with Gasteiger partial charge in [0.1, 0.15) is 0 Å². The minimum atomic E-state index is 0.176. The fraction of sp³-hybridized carbons (Fsp3) is 0.800. The second-order valence-corrected chi connectivity index (χ2v) is 3.50. The Morgan fingerprint density at radius 1 is 1.67 bits per heavy atom. The van der Waals surface area contributed by atoms with Crippen molar-refractivity contribution in [3.8, 4) is 12.3 Å². The number of rotatable bonds is 2. The molecule has 1 aliphatic heterocycles. The van der Waals surface area contributed by atoms with Crippen molar-refractivity contribution in [1.29, 1.82) is 0 Å². The first-order valence-corrected chi connectivity index (χ1v) is 4.54. The van der Waals surface area contributed by atoms with Crippen LogP contribution in [0.15, 0.2) is 0 Å². The molecule has 0 saturated carbocycles. The van der Waals surface area contributed by atoms with E-state index >= 15 is 0 Å². The van der Waals surface area contributed by atoms with Crippen LogP contribution in [-0.2, 0) is 4.74 Å². The highest BCUT2D eigenvalue weighted by molar-refractivity contribution is 4.97. The third-order valence-electron chi connectivity index (χ3n) is 2.35. The predicted molar refractivity (Wildman–Crippen MR) is 49.8 cm³/mol. The van der Waals surface area contributed by atoms with Gasteiger partial charge >= 0.3 is 0 Å². The van der Waals surface area contributed by atoms with E-state index in [1.54, 1.807) is 0 Å². The van der Waals surface area contributed by atoms with Crippen LogP contribution in [0, 0.1) is 18.3 Å². The minimum Gasteiger partial charge on any atom is -0.381 e. The molecule has 0 amide bonds. The van der Waals surface area contributed by atoms with Crippen LogP contribution in [0.1, 0.15) is 20.3 Å². The van der Waals surface area contributed by atoms with Crippen molar-refractivity contribution in [3.05, 3.63) is 0 Å². The molecule has 12 heavy (non-hydrogen) atoms. The molecule has 1 heterocycles. The Kier molecular flexibility index (Phi) is 3.58. The van der Waals surface area contributed by atoms with Gasteiger partial charge in [0.25, 0.3) is 0 Å². The van der Waals surface area contributed by atoms with Crippen LogP contribution in [0.25, 0.3) is 0 Å². The lowest BCUT2D eigenvalue weighted by molar-refractivity contribution is 0.0380. The number of nitrogens with one attached hydrogen (secondary N) is 1. The number of hydrogen-bond donors (Lipinski definition) is 1. The van der Waals surface area contributed by atoms with Crippen LogP contribution < -0.4 is 5.32 Å². The summed E-state index contributed by atoms with van der Waals surface area (Å²) in [7, 11) is 0. The van der Waals surface area contributed by atoms with Crippen LogP contribution in [0.2, 0.25) is 0 Å². The Hall–Kier alpha value is -0.520. The van der Waals surface area contributed by atoms with Gasteiger partial charge in [0, 0.05) is 12.6 Å². The van der Waals surface area contributed by atoms with E-state index in [-0.39, 0.29) is 6.04 Å². The molecule has 0 radical (unpaired) electrons. The second-order valence-electron chi connectivity index (χ2n) is 3.50. The molecule has 68 valence electrons. The highest BCUT2D eigenvalue weighted by atomic mass is 16.5. The van der Waals surface area contributed by atoms with Crippen LogP contribution >= 0.6 is 0 Å². The van der Waals surface area contributed by atoms with Crippen molar-refractivity contribution in [3.63, 3.8) is 0 Å². The topological polar surface area (TPSA) is 21.3 Å². The molecule has 0 aromatic carbocycles. The van der Waals surface area contributed by atoms with E-state index in [1.807, 2.05) is 6.92 Å². The van der Waals surface area contributed by atoms with Crippen molar-refractivity contribution in [2.45, 2.75) is 32.4 Å². The molecule has 0 bridgehead atoms. The van der Waals surface area contributed by atoms with Gasteiger partial charge in [-0.15, -0.1) is 6.42 Å². The van der Waals surface area contributed by atoms with Gasteiger partial charge in [-0.05, 0) is 19.3 Å². The van der Waals surface area contributed by atoms with E-state index in [0.717, 1.165) is 19.6 Å². The molecule has 1 N–H and O–H groups in total. The van der Waals surface area contributed by atoms with E-state index in [4.69, 9.17) is 11.2 Å². The quantitative estimate of drug-likeness (QED) is 0.620. The Balaban J connectivity index is 2.35. The molecule has 1 fully saturated rings. The first-order valence-electron chi connectivity index (χ1n) is 4.54. The first kappa shape index (κ1) is 9.57. The molecule has 0 aromatic rings. The minimum absolute atomic E-state index is 0.176. The van der Waals surface area contributed by atoms with Gasteiger partial charge in [0.15, 0.2) is 0 Å². The lowest BCUT2D eigenvalue weighted by atomic mass is 9.97. The van der Waals surface area contributed by atoms with Gasteiger partial charge in [-0.2, -0.15) is 0 Å². The van der Waals surface area contributed by atoms with Crippen LogP contribution in [0.4, 0.5) is 0 Å². The van der Waals surface area contributed by atoms with Crippen molar-refractivity contribution < 1.29 is 4.74 Å². The summed E-state index contributed by atoms with van der Waals surface area (Å²) in [5.74, 6) is 3.26. The average Bonchev–Trinajstić information content (AvgIpc) is 2.09. The molecule has 3 unspecified atom stereocenters. The predicted octanol–water partition coefficient (Wildman–Crippen LogP) is 1.02. The van der Waals surface area contributed by atoms with Gasteiger partial charge in [0.05, 0.1) is 12.6 Å². The number of hydrogen-bond acceptors (Lipinski definition) is 2. The molecule has 2 nitrogen and oxygen atoms in total. The first-order chi connectivity index (χ1) is 5.74. The molecule has 3 atom stereocenters. The fourth-order valence-electron chi connectivity index (χ4n) is 1.50. The van der Waals surface area contributed by atoms with Crippen molar-refractivity contribution in [2.75, 3.05) is 13.2 Å². The van der Waals surface area contributed by atoms with E-state index in [0.29, 0.717) is 12.0 Å². The van der Waals surface area contributed by atoms with E-state index in [2.05, 4.69) is 18.2 Å². The normalized spacial score (nSPS) is 32.4. The lowest BCUT2D eigenvalue weighted by Gasteiger charge is -2.30.